The summed E-state index contributed by atoms with van der Waals surface area (Å²) in [4.78, 5) is 40.7. The molecule has 1 aliphatic carbocycles. The topological polar surface area (TPSA) is 79.0 Å². The highest BCUT2D eigenvalue weighted by molar-refractivity contribution is 5.98. The van der Waals surface area contributed by atoms with E-state index < -0.39 is 0 Å². The van der Waals surface area contributed by atoms with Crippen molar-refractivity contribution in [2.45, 2.75) is 46.0 Å². The molecule has 0 aromatic heterocycles. The van der Waals surface area contributed by atoms with E-state index in [1.165, 1.54) is 6.42 Å². The monoisotopic (exact) mass is 401 g/mol. The van der Waals surface area contributed by atoms with Crippen LogP contribution in [0.1, 0.15) is 54.9 Å². The fraction of sp³-hybridized carbons (Fsp3) is 0.591. The lowest BCUT2D eigenvalue weighted by molar-refractivity contribution is -0.120. The summed E-state index contributed by atoms with van der Waals surface area (Å²) in [5.41, 5.74) is 2.20. The number of amides is 3. The van der Waals surface area contributed by atoms with Crippen LogP contribution in [-0.4, -0.2) is 60.5 Å². The Morgan fingerprint density at radius 1 is 1.03 bits per heavy atom. The van der Waals surface area contributed by atoms with Gasteiger partial charge in [-0.1, -0.05) is 25.3 Å². The lowest BCUT2D eigenvalue weighted by Crippen LogP contribution is -2.50. The van der Waals surface area contributed by atoms with Crippen molar-refractivity contribution in [2.24, 2.45) is 5.92 Å². The highest BCUT2D eigenvalue weighted by Crippen LogP contribution is 2.26. The third-order valence-electron chi connectivity index (χ3n) is 5.81. The Hall–Kier alpha value is -2.57. The van der Waals surface area contributed by atoms with E-state index in [4.69, 9.17) is 4.74 Å². The summed E-state index contributed by atoms with van der Waals surface area (Å²) in [5, 5.41) is 3.04. The molecule has 1 saturated heterocycles. The molecule has 0 unspecified atom stereocenters. The average molecular weight is 402 g/mol. The highest BCUT2D eigenvalue weighted by Gasteiger charge is 2.26. The number of benzene rings is 1. The minimum Gasteiger partial charge on any atom is -0.450 e. The molecule has 1 saturated carbocycles. The molecule has 1 aromatic carbocycles. The number of aryl methyl sites for hydroxylation is 1. The average Bonchev–Trinajstić information content (AvgIpc) is 2.75. The maximum Gasteiger partial charge on any atom is 0.409 e. The Balaban J connectivity index is 1.62. The Bertz CT molecular complexity index is 750. The molecule has 7 heteroatoms. The maximum absolute atomic E-state index is 12.9. The van der Waals surface area contributed by atoms with E-state index in [0.29, 0.717) is 44.0 Å². The van der Waals surface area contributed by atoms with Crippen LogP contribution in [-0.2, 0) is 9.53 Å². The summed E-state index contributed by atoms with van der Waals surface area (Å²) >= 11 is 0. The molecule has 29 heavy (non-hydrogen) atoms. The normalized spacial score (nSPS) is 17.7. The van der Waals surface area contributed by atoms with Crippen LogP contribution in [0.15, 0.2) is 18.2 Å². The van der Waals surface area contributed by atoms with Crippen LogP contribution in [0.5, 0.6) is 0 Å². The van der Waals surface area contributed by atoms with Crippen LogP contribution >= 0.6 is 0 Å². The van der Waals surface area contributed by atoms with Crippen molar-refractivity contribution in [3.63, 3.8) is 0 Å². The molecule has 7 nitrogen and oxygen atoms in total. The number of hydrogen-bond acceptors (Lipinski definition) is 4. The predicted octanol–water partition coefficient (Wildman–Crippen LogP) is 3.43. The standard InChI is InChI=1S/C22H31N3O4/c1-3-29-22(28)25-13-11-24(12-14-25)21(27)18-10-9-16(2)19(15-18)23-20(26)17-7-5-4-6-8-17/h9-10,15,17H,3-8,11-14H2,1-2H3,(H,23,26). The van der Waals surface area contributed by atoms with Crippen molar-refractivity contribution in [1.82, 2.24) is 9.80 Å². The first kappa shape index (κ1) is 21.1. The van der Waals surface area contributed by atoms with Gasteiger partial charge in [-0.15, -0.1) is 0 Å². The van der Waals surface area contributed by atoms with Gasteiger partial charge in [0.05, 0.1) is 6.61 Å². The Labute approximate surface area is 172 Å². The molecule has 3 rings (SSSR count). The summed E-state index contributed by atoms with van der Waals surface area (Å²) in [6, 6.07) is 5.44. The molecule has 2 aliphatic rings. The van der Waals surface area contributed by atoms with Crippen LogP contribution in [0.2, 0.25) is 0 Å². The Kier molecular flexibility index (Phi) is 7.12. The zero-order valence-corrected chi connectivity index (χ0v) is 17.4. The van der Waals surface area contributed by atoms with Gasteiger partial charge in [-0.25, -0.2) is 4.79 Å². The van der Waals surface area contributed by atoms with Crippen LogP contribution < -0.4 is 5.32 Å². The van der Waals surface area contributed by atoms with E-state index in [1.807, 2.05) is 13.0 Å². The van der Waals surface area contributed by atoms with Crippen molar-refractivity contribution >= 4 is 23.6 Å². The second kappa shape index (κ2) is 9.76. The third kappa shape index (κ3) is 5.28. The van der Waals surface area contributed by atoms with Gasteiger partial charge in [-0.05, 0) is 44.4 Å². The van der Waals surface area contributed by atoms with Gasteiger partial charge in [0, 0.05) is 43.3 Å². The number of carbonyl (C=O) groups is 3. The Morgan fingerprint density at radius 2 is 1.69 bits per heavy atom. The molecule has 1 N–H and O–H groups in total. The number of hydrogen-bond donors (Lipinski definition) is 1. The van der Waals surface area contributed by atoms with E-state index in [-0.39, 0.29) is 23.8 Å². The SMILES string of the molecule is CCOC(=O)N1CCN(C(=O)c2ccc(C)c(NC(=O)C3CCCCC3)c2)CC1. The minimum absolute atomic E-state index is 0.0560. The number of nitrogens with zero attached hydrogens (tertiary/aromatic N) is 2. The van der Waals surface area contributed by atoms with E-state index in [1.54, 1.807) is 28.9 Å². The summed E-state index contributed by atoms with van der Waals surface area (Å²) in [7, 11) is 0. The molecule has 0 atom stereocenters. The second-order valence-electron chi connectivity index (χ2n) is 7.83. The van der Waals surface area contributed by atoms with Gasteiger partial charge in [0.1, 0.15) is 0 Å². The fourth-order valence-electron chi connectivity index (χ4n) is 3.98. The number of piperazine rings is 1. The van der Waals surface area contributed by atoms with Gasteiger partial charge in [-0.2, -0.15) is 0 Å². The van der Waals surface area contributed by atoms with Crippen LogP contribution in [0.25, 0.3) is 0 Å². The van der Waals surface area contributed by atoms with Crippen LogP contribution in [0, 0.1) is 12.8 Å². The molecule has 0 radical (unpaired) electrons. The largest absolute Gasteiger partial charge is 0.450 e. The molecular formula is C22H31N3O4. The van der Waals surface area contributed by atoms with E-state index >= 15 is 0 Å². The van der Waals surface area contributed by atoms with Gasteiger partial charge in [-0.3, -0.25) is 9.59 Å². The minimum atomic E-state index is -0.331. The van der Waals surface area contributed by atoms with Crippen molar-refractivity contribution < 1.29 is 19.1 Å². The first-order valence-electron chi connectivity index (χ1n) is 10.6. The molecule has 2 fully saturated rings. The Morgan fingerprint density at radius 3 is 2.34 bits per heavy atom. The van der Waals surface area contributed by atoms with Gasteiger partial charge in [0.2, 0.25) is 5.91 Å². The molecule has 1 aliphatic heterocycles. The van der Waals surface area contributed by atoms with Gasteiger partial charge >= 0.3 is 6.09 Å². The second-order valence-corrected chi connectivity index (χ2v) is 7.83. The molecule has 3 amide bonds. The number of nitrogens with one attached hydrogen (secondary N) is 1. The van der Waals surface area contributed by atoms with E-state index in [0.717, 1.165) is 31.2 Å². The lowest BCUT2D eigenvalue weighted by atomic mass is 9.88. The van der Waals surface area contributed by atoms with Crippen molar-refractivity contribution in [2.75, 3.05) is 38.1 Å². The van der Waals surface area contributed by atoms with Crippen LogP contribution in [0.4, 0.5) is 10.5 Å². The number of rotatable bonds is 4. The van der Waals surface area contributed by atoms with E-state index in [2.05, 4.69) is 5.32 Å². The molecule has 1 heterocycles. The van der Waals surface area contributed by atoms with E-state index in [9.17, 15) is 14.4 Å². The molecule has 158 valence electrons. The summed E-state index contributed by atoms with van der Waals surface area (Å²) in [6.07, 6.45) is 4.96. The zero-order chi connectivity index (χ0) is 20.8. The summed E-state index contributed by atoms with van der Waals surface area (Å²) in [6.45, 7) is 5.91. The maximum atomic E-state index is 12.9. The number of anilines is 1. The smallest absolute Gasteiger partial charge is 0.409 e. The fourth-order valence-corrected chi connectivity index (χ4v) is 3.98. The van der Waals surface area contributed by atoms with Crippen molar-refractivity contribution in [1.29, 1.82) is 0 Å². The van der Waals surface area contributed by atoms with Gasteiger partial charge < -0.3 is 19.9 Å². The lowest BCUT2D eigenvalue weighted by Gasteiger charge is -2.34. The highest BCUT2D eigenvalue weighted by atomic mass is 16.6. The van der Waals surface area contributed by atoms with Gasteiger partial charge in [0.25, 0.3) is 5.91 Å². The predicted molar refractivity (Wildman–Crippen MR) is 111 cm³/mol. The zero-order valence-electron chi connectivity index (χ0n) is 17.4. The first-order chi connectivity index (χ1) is 14.0. The quantitative estimate of drug-likeness (QED) is 0.838. The van der Waals surface area contributed by atoms with Crippen molar-refractivity contribution in [3.8, 4) is 0 Å². The van der Waals surface area contributed by atoms with Crippen molar-refractivity contribution in [3.05, 3.63) is 29.3 Å². The van der Waals surface area contributed by atoms with Gasteiger partial charge in [0.15, 0.2) is 0 Å². The number of carbonyl (C=O) groups excluding carboxylic acids is 3. The molecule has 1 aromatic rings. The molecular weight excluding hydrogens is 370 g/mol. The summed E-state index contributed by atoms with van der Waals surface area (Å²) in [5.74, 6) is 0.0422. The summed E-state index contributed by atoms with van der Waals surface area (Å²) < 4.78 is 5.02. The number of ether oxygens (including phenoxy) is 1. The third-order valence-corrected chi connectivity index (χ3v) is 5.81. The first-order valence-corrected chi connectivity index (χ1v) is 10.6. The molecule has 0 spiro atoms. The van der Waals surface area contributed by atoms with Crippen LogP contribution in [0.3, 0.4) is 0 Å². The molecule has 0 bridgehead atoms.